The van der Waals surface area contributed by atoms with E-state index in [-0.39, 0.29) is 11.8 Å². The number of ether oxygens (including phenoxy) is 1. The predicted molar refractivity (Wildman–Crippen MR) is 108 cm³/mol. The van der Waals surface area contributed by atoms with Crippen molar-refractivity contribution in [1.29, 1.82) is 0 Å². The van der Waals surface area contributed by atoms with Crippen LogP contribution in [-0.2, 0) is 16.1 Å². The summed E-state index contributed by atoms with van der Waals surface area (Å²) in [7, 11) is 3.49. The number of methoxy groups -OCH3 is 1. The highest BCUT2D eigenvalue weighted by molar-refractivity contribution is 5.79. The third kappa shape index (κ3) is 5.69. The molecule has 2 saturated heterocycles. The van der Waals surface area contributed by atoms with Crippen molar-refractivity contribution in [1.82, 2.24) is 19.6 Å². The van der Waals surface area contributed by atoms with E-state index in [0.29, 0.717) is 19.6 Å². The average Bonchev–Trinajstić information content (AvgIpc) is 3.25. The number of benzene rings is 1. The van der Waals surface area contributed by atoms with Gasteiger partial charge in [0.15, 0.2) is 0 Å². The zero-order valence-corrected chi connectivity index (χ0v) is 17.1. The minimum absolute atomic E-state index is 0.123. The first-order valence-electron chi connectivity index (χ1n) is 10.1. The van der Waals surface area contributed by atoms with Crippen molar-refractivity contribution in [3.8, 4) is 5.75 Å². The van der Waals surface area contributed by atoms with Crippen molar-refractivity contribution in [2.75, 3.05) is 66.5 Å². The monoisotopic (exact) mass is 388 g/mol. The first-order valence-corrected chi connectivity index (χ1v) is 10.1. The molecule has 0 spiro atoms. The summed E-state index contributed by atoms with van der Waals surface area (Å²) >= 11 is 0. The second-order valence-electron chi connectivity index (χ2n) is 7.74. The number of hydrogen-bond acceptors (Lipinski definition) is 5. The molecule has 0 aliphatic carbocycles. The van der Waals surface area contributed by atoms with E-state index in [2.05, 4.69) is 9.80 Å². The highest BCUT2D eigenvalue weighted by atomic mass is 16.5. The van der Waals surface area contributed by atoms with Crippen LogP contribution in [0.3, 0.4) is 0 Å². The largest absolute Gasteiger partial charge is 0.497 e. The van der Waals surface area contributed by atoms with Crippen LogP contribution in [-0.4, -0.2) is 97.9 Å². The number of carbonyl (C=O) groups is 2. The average molecular weight is 389 g/mol. The van der Waals surface area contributed by atoms with E-state index in [1.807, 2.05) is 36.2 Å². The van der Waals surface area contributed by atoms with Gasteiger partial charge < -0.3 is 14.5 Å². The van der Waals surface area contributed by atoms with Crippen LogP contribution < -0.4 is 4.74 Å². The summed E-state index contributed by atoms with van der Waals surface area (Å²) in [6.45, 7) is 6.70. The van der Waals surface area contributed by atoms with E-state index in [1.54, 1.807) is 12.0 Å². The van der Waals surface area contributed by atoms with Gasteiger partial charge in [-0.2, -0.15) is 0 Å². The van der Waals surface area contributed by atoms with Crippen LogP contribution in [0.4, 0.5) is 0 Å². The number of amides is 2. The van der Waals surface area contributed by atoms with Gasteiger partial charge in [0.05, 0.1) is 20.2 Å². The molecule has 0 saturated carbocycles. The van der Waals surface area contributed by atoms with Gasteiger partial charge in [0.25, 0.3) is 0 Å². The Morgan fingerprint density at radius 2 is 1.50 bits per heavy atom. The zero-order chi connectivity index (χ0) is 19.9. The molecular formula is C21H32N4O3. The molecule has 0 atom stereocenters. The van der Waals surface area contributed by atoms with Crippen LogP contribution in [0.25, 0.3) is 0 Å². The van der Waals surface area contributed by atoms with E-state index in [4.69, 9.17) is 4.74 Å². The van der Waals surface area contributed by atoms with E-state index < -0.39 is 0 Å². The standard InChI is InChI=1S/C21H32N4O3/c1-22(15-18-5-7-19(28-2)8-6-18)20(26)16-23-11-13-24(14-12-23)17-21(27)25-9-3-4-10-25/h5-8H,3-4,9-17H2,1-2H3. The molecule has 0 bridgehead atoms. The maximum Gasteiger partial charge on any atom is 0.236 e. The van der Waals surface area contributed by atoms with Gasteiger partial charge in [-0.15, -0.1) is 0 Å². The number of carbonyl (C=O) groups excluding carboxylic acids is 2. The third-order valence-corrected chi connectivity index (χ3v) is 5.65. The fourth-order valence-corrected chi connectivity index (χ4v) is 3.77. The van der Waals surface area contributed by atoms with Crippen LogP contribution >= 0.6 is 0 Å². The van der Waals surface area contributed by atoms with Gasteiger partial charge >= 0.3 is 0 Å². The normalized spacial score (nSPS) is 18.3. The minimum Gasteiger partial charge on any atom is -0.497 e. The molecule has 3 rings (SSSR count). The fourth-order valence-electron chi connectivity index (χ4n) is 3.77. The minimum atomic E-state index is 0.123. The summed E-state index contributed by atoms with van der Waals surface area (Å²) in [6.07, 6.45) is 2.26. The number of likely N-dealkylation sites (N-methyl/N-ethyl adjacent to an activating group) is 1. The van der Waals surface area contributed by atoms with Crippen LogP contribution in [0.2, 0.25) is 0 Å². The van der Waals surface area contributed by atoms with Crippen molar-refractivity contribution >= 4 is 11.8 Å². The van der Waals surface area contributed by atoms with E-state index in [1.165, 1.54) is 0 Å². The summed E-state index contributed by atoms with van der Waals surface area (Å²) in [6, 6.07) is 7.80. The summed E-state index contributed by atoms with van der Waals surface area (Å²) in [5.41, 5.74) is 1.09. The molecule has 1 aromatic carbocycles. The summed E-state index contributed by atoms with van der Waals surface area (Å²) < 4.78 is 5.17. The van der Waals surface area contributed by atoms with Crippen molar-refractivity contribution in [2.45, 2.75) is 19.4 Å². The zero-order valence-electron chi connectivity index (χ0n) is 17.1. The molecule has 0 N–H and O–H groups in total. The molecule has 1 aromatic rings. The molecule has 2 heterocycles. The number of piperazine rings is 1. The van der Waals surface area contributed by atoms with Gasteiger partial charge in [0, 0.05) is 52.9 Å². The Labute approximate surface area is 167 Å². The molecule has 0 radical (unpaired) electrons. The van der Waals surface area contributed by atoms with E-state index in [0.717, 1.165) is 63.4 Å². The third-order valence-electron chi connectivity index (χ3n) is 5.65. The van der Waals surface area contributed by atoms with E-state index >= 15 is 0 Å². The molecule has 154 valence electrons. The lowest BCUT2D eigenvalue weighted by atomic mass is 10.2. The van der Waals surface area contributed by atoms with Crippen molar-refractivity contribution in [3.63, 3.8) is 0 Å². The van der Waals surface area contributed by atoms with Crippen LogP contribution in [0, 0.1) is 0 Å². The quantitative estimate of drug-likeness (QED) is 0.695. The van der Waals surface area contributed by atoms with Gasteiger partial charge in [-0.1, -0.05) is 12.1 Å². The maximum atomic E-state index is 12.6. The fraction of sp³-hybridized carbons (Fsp3) is 0.619. The van der Waals surface area contributed by atoms with Crippen molar-refractivity contribution < 1.29 is 14.3 Å². The Balaban J connectivity index is 1.38. The molecule has 2 fully saturated rings. The van der Waals surface area contributed by atoms with Crippen LogP contribution in [0.5, 0.6) is 5.75 Å². The Morgan fingerprint density at radius 3 is 2.07 bits per heavy atom. The van der Waals surface area contributed by atoms with Gasteiger partial charge in [0.1, 0.15) is 5.75 Å². The highest BCUT2D eigenvalue weighted by Gasteiger charge is 2.24. The molecule has 28 heavy (non-hydrogen) atoms. The van der Waals surface area contributed by atoms with Gasteiger partial charge in [-0.25, -0.2) is 0 Å². The highest BCUT2D eigenvalue weighted by Crippen LogP contribution is 2.13. The first kappa shape index (κ1) is 20.6. The second-order valence-corrected chi connectivity index (χ2v) is 7.74. The van der Waals surface area contributed by atoms with Crippen LogP contribution in [0.15, 0.2) is 24.3 Å². The lowest BCUT2D eigenvalue weighted by Gasteiger charge is -2.35. The Morgan fingerprint density at radius 1 is 0.929 bits per heavy atom. The molecule has 2 amide bonds. The Kier molecular flexibility index (Phi) is 7.28. The summed E-state index contributed by atoms with van der Waals surface area (Å²) in [4.78, 5) is 33.0. The van der Waals surface area contributed by atoms with E-state index in [9.17, 15) is 9.59 Å². The first-order chi connectivity index (χ1) is 13.5. The smallest absolute Gasteiger partial charge is 0.236 e. The molecule has 7 heteroatoms. The predicted octanol–water partition coefficient (Wildman–Crippen LogP) is 0.894. The molecule has 0 aromatic heterocycles. The topological polar surface area (TPSA) is 56.3 Å². The second kappa shape index (κ2) is 9.89. The lowest BCUT2D eigenvalue weighted by Crippen LogP contribution is -2.51. The number of likely N-dealkylation sites (tertiary alicyclic amines) is 1. The lowest BCUT2D eigenvalue weighted by molar-refractivity contribution is -0.134. The van der Waals surface area contributed by atoms with Gasteiger partial charge in [-0.3, -0.25) is 19.4 Å². The molecule has 2 aliphatic rings. The van der Waals surface area contributed by atoms with Crippen molar-refractivity contribution in [3.05, 3.63) is 29.8 Å². The van der Waals surface area contributed by atoms with Gasteiger partial charge in [-0.05, 0) is 30.5 Å². The number of hydrogen-bond donors (Lipinski definition) is 0. The number of rotatable bonds is 7. The molecule has 2 aliphatic heterocycles. The summed E-state index contributed by atoms with van der Waals surface area (Å²) in [5.74, 6) is 1.19. The SMILES string of the molecule is COc1ccc(CN(C)C(=O)CN2CCN(CC(=O)N3CCCC3)CC2)cc1. The molecular weight excluding hydrogens is 356 g/mol. The van der Waals surface area contributed by atoms with Crippen LogP contribution in [0.1, 0.15) is 18.4 Å². The van der Waals surface area contributed by atoms with Crippen molar-refractivity contribution in [2.24, 2.45) is 0 Å². The maximum absolute atomic E-state index is 12.6. The van der Waals surface area contributed by atoms with Gasteiger partial charge in [0.2, 0.25) is 11.8 Å². The summed E-state index contributed by atoms with van der Waals surface area (Å²) in [5, 5.41) is 0. The molecule has 0 unspecified atom stereocenters. The number of nitrogens with zero attached hydrogens (tertiary/aromatic N) is 4. The Hall–Kier alpha value is -2.12. The molecule has 7 nitrogen and oxygen atoms in total. The Bertz CT molecular complexity index is 650.